The molecule has 2 heterocycles. The standard InChI is InChI=1S/C17H17F2NO2/c1-17(2)9-14-15(16(21)22-17)11(4-3-7-20-14)10-5-6-12(18)13(19)8-10/h5-8,11H,3-4,9H2,1-2H3. The molecule has 0 amide bonds. The van der Waals surface area contributed by atoms with Gasteiger partial charge < -0.3 is 4.74 Å². The molecule has 0 spiro atoms. The van der Waals surface area contributed by atoms with Crippen LogP contribution in [0.3, 0.4) is 0 Å². The Morgan fingerprint density at radius 3 is 2.77 bits per heavy atom. The fourth-order valence-electron chi connectivity index (χ4n) is 3.04. The van der Waals surface area contributed by atoms with E-state index < -0.39 is 23.2 Å². The van der Waals surface area contributed by atoms with Crippen LogP contribution in [0.4, 0.5) is 8.78 Å². The molecule has 0 aliphatic carbocycles. The van der Waals surface area contributed by atoms with Gasteiger partial charge in [-0.05, 0) is 44.4 Å². The fourth-order valence-corrected chi connectivity index (χ4v) is 3.04. The summed E-state index contributed by atoms with van der Waals surface area (Å²) >= 11 is 0. The summed E-state index contributed by atoms with van der Waals surface area (Å²) in [6.45, 7) is 3.67. The summed E-state index contributed by atoms with van der Waals surface area (Å²) in [5, 5.41) is 0. The molecule has 3 nitrogen and oxygen atoms in total. The maximum absolute atomic E-state index is 13.5. The predicted molar refractivity (Wildman–Crippen MR) is 78.6 cm³/mol. The molecule has 2 aliphatic rings. The molecule has 1 aromatic rings. The van der Waals surface area contributed by atoms with Gasteiger partial charge in [0.2, 0.25) is 0 Å². The van der Waals surface area contributed by atoms with Crippen LogP contribution in [0.1, 0.15) is 44.6 Å². The molecule has 0 saturated carbocycles. The lowest BCUT2D eigenvalue weighted by Gasteiger charge is -2.33. The van der Waals surface area contributed by atoms with E-state index in [9.17, 15) is 13.6 Å². The molecule has 1 atom stereocenters. The Balaban J connectivity index is 2.08. The molecular formula is C17H17F2NO2. The van der Waals surface area contributed by atoms with Crippen molar-refractivity contribution in [2.24, 2.45) is 4.99 Å². The van der Waals surface area contributed by atoms with Crippen molar-refractivity contribution in [3.8, 4) is 0 Å². The van der Waals surface area contributed by atoms with Gasteiger partial charge in [0.1, 0.15) is 5.60 Å². The Bertz CT molecular complexity index is 692. The third-order valence-electron chi connectivity index (χ3n) is 4.02. The topological polar surface area (TPSA) is 38.7 Å². The zero-order chi connectivity index (χ0) is 15.9. The first-order valence-corrected chi connectivity index (χ1v) is 7.31. The van der Waals surface area contributed by atoms with E-state index in [4.69, 9.17) is 4.74 Å². The monoisotopic (exact) mass is 305 g/mol. The van der Waals surface area contributed by atoms with Gasteiger partial charge in [-0.1, -0.05) is 6.07 Å². The largest absolute Gasteiger partial charge is 0.456 e. The Morgan fingerprint density at radius 1 is 1.27 bits per heavy atom. The van der Waals surface area contributed by atoms with Crippen LogP contribution in [0.2, 0.25) is 0 Å². The molecule has 0 saturated heterocycles. The van der Waals surface area contributed by atoms with E-state index in [0.717, 1.165) is 12.1 Å². The lowest BCUT2D eigenvalue weighted by atomic mass is 9.83. The number of benzene rings is 1. The second kappa shape index (κ2) is 5.30. The Labute approximate surface area is 127 Å². The van der Waals surface area contributed by atoms with Crippen molar-refractivity contribution in [2.45, 2.75) is 44.6 Å². The van der Waals surface area contributed by atoms with Gasteiger partial charge in [0.15, 0.2) is 11.6 Å². The quantitative estimate of drug-likeness (QED) is 0.738. The highest BCUT2D eigenvalue weighted by molar-refractivity contribution is 5.93. The summed E-state index contributed by atoms with van der Waals surface area (Å²) in [5.41, 5.74) is 1.14. The van der Waals surface area contributed by atoms with E-state index in [1.54, 1.807) is 6.21 Å². The van der Waals surface area contributed by atoms with Gasteiger partial charge in [0.25, 0.3) is 0 Å². The van der Waals surface area contributed by atoms with Crippen LogP contribution in [0.25, 0.3) is 0 Å². The van der Waals surface area contributed by atoms with Crippen LogP contribution in [0, 0.1) is 11.6 Å². The highest BCUT2D eigenvalue weighted by Crippen LogP contribution is 2.41. The van der Waals surface area contributed by atoms with Crippen LogP contribution in [-0.4, -0.2) is 17.8 Å². The molecular weight excluding hydrogens is 288 g/mol. The van der Waals surface area contributed by atoms with Gasteiger partial charge >= 0.3 is 5.97 Å². The van der Waals surface area contributed by atoms with Gasteiger partial charge in [0.05, 0.1) is 11.3 Å². The van der Waals surface area contributed by atoms with E-state index in [-0.39, 0.29) is 5.92 Å². The predicted octanol–water partition coefficient (Wildman–Crippen LogP) is 3.89. The SMILES string of the molecule is CC1(C)CC2=C(C(=O)O1)C(c1ccc(F)c(F)c1)CCC=N2. The molecule has 1 aromatic carbocycles. The first-order chi connectivity index (χ1) is 10.4. The molecule has 0 bridgehead atoms. The van der Waals surface area contributed by atoms with Gasteiger partial charge in [-0.3, -0.25) is 4.99 Å². The van der Waals surface area contributed by atoms with E-state index in [1.807, 2.05) is 13.8 Å². The van der Waals surface area contributed by atoms with Gasteiger partial charge in [-0.25, -0.2) is 13.6 Å². The van der Waals surface area contributed by atoms with E-state index in [0.29, 0.717) is 36.1 Å². The average molecular weight is 305 g/mol. The third-order valence-corrected chi connectivity index (χ3v) is 4.02. The third kappa shape index (κ3) is 2.67. The number of esters is 1. The van der Waals surface area contributed by atoms with Crippen molar-refractivity contribution in [2.75, 3.05) is 0 Å². The summed E-state index contributed by atoms with van der Waals surface area (Å²) in [5.74, 6) is -2.54. The van der Waals surface area contributed by atoms with E-state index in [1.165, 1.54) is 6.07 Å². The maximum Gasteiger partial charge on any atom is 0.337 e. The molecule has 0 fully saturated rings. The molecule has 116 valence electrons. The molecule has 22 heavy (non-hydrogen) atoms. The first kappa shape index (κ1) is 14.9. The number of cyclic esters (lactones) is 1. The summed E-state index contributed by atoms with van der Waals surface area (Å²) in [6.07, 6.45) is 3.59. The number of halogens is 2. The van der Waals surface area contributed by atoms with Crippen molar-refractivity contribution >= 4 is 12.2 Å². The van der Waals surface area contributed by atoms with Crippen molar-refractivity contribution in [3.63, 3.8) is 0 Å². The number of hydrogen-bond donors (Lipinski definition) is 0. The highest BCUT2D eigenvalue weighted by Gasteiger charge is 2.38. The molecule has 0 N–H and O–H groups in total. The summed E-state index contributed by atoms with van der Waals surface area (Å²) in [4.78, 5) is 16.8. The van der Waals surface area contributed by atoms with Crippen molar-refractivity contribution < 1.29 is 18.3 Å². The Hall–Kier alpha value is -2.04. The van der Waals surface area contributed by atoms with Gasteiger partial charge in [-0.2, -0.15) is 0 Å². The number of hydrogen-bond acceptors (Lipinski definition) is 3. The number of nitrogens with zero attached hydrogens (tertiary/aromatic N) is 1. The van der Waals surface area contributed by atoms with Gasteiger partial charge in [-0.15, -0.1) is 0 Å². The summed E-state index contributed by atoms with van der Waals surface area (Å²) in [7, 11) is 0. The minimum Gasteiger partial charge on any atom is -0.456 e. The second-order valence-corrected chi connectivity index (χ2v) is 6.30. The molecule has 0 aromatic heterocycles. The number of aliphatic imine (C=N–C) groups is 1. The Morgan fingerprint density at radius 2 is 2.05 bits per heavy atom. The number of carbonyl (C=O) groups excluding carboxylic acids is 1. The highest BCUT2D eigenvalue weighted by atomic mass is 19.2. The van der Waals surface area contributed by atoms with E-state index in [2.05, 4.69) is 4.99 Å². The second-order valence-electron chi connectivity index (χ2n) is 6.30. The van der Waals surface area contributed by atoms with E-state index >= 15 is 0 Å². The van der Waals surface area contributed by atoms with Crippen LogP contribution in [-0.2, 0) is 9.53 Å². The van der Waals surface area contributed by atoms with Crippen LogP contribution in [0.5, 0.6) is 0 Å². The van der Waals surface area contributed by atoms with Crippen LogP contribution >= 0.6 is 0 Å². The number of rotatable bonds is 1. The molecule has 5 heteroatoms. The lowest BCUT2D eigenvalue weighted by Crippen LogP contribution is -2.35. The molecule has 3 rings (SSSR count). The maximum atomic E-state index is 13.5. The molecule has 2 aliphatic heterocycles. The minimum atomic E-state index is -0.908. The number of ether oxygens (including phenoxy) is 1. The van der Waals surface area contributed by atoms with Crippen molar-refractivity contribution in [1.82, 2.24) is 0 Å². The minimum absolute atomic E-state index is 0.323. The normalized spacial score (nSPS) is 23.8. The van der Waals surface area contributed by atoms with Crippen LogP contribution < -0.4 is 0 Å². The van der Waals surface area contributed by atoms with Gasteiger partial charge in [0, 0.05) is 18.6 Å². The summed E-state index contributed by atoms with van der Waals surface area (Å²) < 4.78 is 32.2. The zero-order valence-electron chi connectivity index (χ0n) is 12.5. The summed E-state index contributed by atoms with van der Waals surface area (Å²) in [6, 6.07) is 3.77. The first-order valence-electron chi connectivity index (χ1n) is 7.31. The molecule has 1 unspecified atom stereocenters. The van der Waals surface area contributed by atoms with Crippen molar-refractivity contribution in [1.29, 1.82) is 0 Å². The van der Waals surface area contributed by atoms with Crippen molar-refractivity contribution in [3.05, 3.63) is 46.7 Å². The number of carbonyl (C=O) groups is 1. The fraction of sp³-hybridized carbons (Fsp3) is 0.412. The molecule has 0 radical (unpaired) electrons. The average Bonchev–Trinajstić information content (AvgIpc) is 2.63. The smallest absolute Gasteiger partial charge is 0.337 e. The lowest BCUT2D eigenvalue weighted by molar-refractivity contribution is -0.154. The van der Waals surface area contributed by atoms with Crippen LogP contribution in [0.15, 0.2) is 34.5 Å². The Kier molecular flexibility index (Phi) is 3.59. The zero-order valence-corrected chi connectivity index (χ0v) is 12.5.